The first-order valence-corrected chi connectivity index (χ1v) is 7.03. The standard InChI is InChI=1S/C13H18Cl2N2O/c14-11-4-1-5-12(13(11)15)17-7-6-16-9-10-3-2-8-18-10/h1,4-5,10,16-17H,2-3,6-9H2. The van der Waals surface area contributed by atoms with Crippen LogP contribution in [0.5, 0.6) is 0 Å². The summed E-state index contributed by atoms with van der Waals surface area (Å²) in [4.78, 5) is 0. The number of rotatable bonds is 6. The summed E-state index contributed by atoms with van der Waals surface area (Å²) in [5, 5.41) is 7.79. The summed E-state index contributed by atoms with van der Waals surface area (Å²) < 4.78 is 5.53. The highest BCUT2D eigenvalue weighted by Gasteiger charge is 2.14. The molecule has 1 aromatic rings. The van der Waals surface area contributed by atoms with Gasteiger partial charge in [0.05, 0.1) is 21.8 Å². The predicted molar refractivity (Wildman–Crippen MR) is 76.8 cm³/mol. The minimum Gasteiger partial charge on any atom is -0.383 e. The van der Waals surface area contributed by atoms with Gasteiger partial charge >= 0.3 is 0 Å². The topological polar surface area (TPSA) is 33.3 Å². The second kappa shape index (κ2) is 7.19. The van der Waals surface area contributed by atoms with E-state index in [1.165, 1.54) is 12.8 Å². The quantitative estimate of drug-likeness (QED) is 0.789. The van der Waals surface area contributed by atoms with E-state index in [2.05, 4.69) is 10.6 Å². The molecular weight excluding hydrogens is 271 g/mol. The summed E-state index contributed by atoms with van der Waals surface area (Å²) in [6.45, 7) is 3.52. The van der Waals surface area contributed by atoms with E-state index < -0.39 is 0 Å². The number of nitrogens with one attached hydrogen (secondary N) is 2. The van der Waals surface area contributed by atoms with Crippen molar-refractivity contribution < 1.29 is 4.74 Å². The van der Waals surface area contributed by atoms with Gasteiger partial charge in [-0.2, -0.15) is 0 Å². The van der Waals surface area contributed by atoms with Gasteiger partial charge in [0, 0.05) is 26.2 Å². The molecule has 1 saturated heterocycles. The van der Waals surface area contributed by atoms with E-state index in [9.17, 15) is 0 Å². The van der Waals surface area contributed by atoms with Crippen LogP contribution in [-0.4, -0.2) is 32.3 Å². The van der Waals surface area contributed by atoms with E-state index in [1.54, 1.807) is 6.07 Å². The van der Waals surface area contributed by atoms with Gasteiger partial charge in [-0.3, -0.25) is 0 Å². The molecule has 0 radical (unpaired) electrons. The van der Waals surface area contributed by atoms with Crippen molar-refractivity contribution in [1.82, 2.24) is 5.32 Å². The smallest absolute Gasteiger partial charge is 0.0823 e. The Balaban J connectivity index is 1.64. The monoisotopic (exact) mass is 288 g/mol. The van der Waals surface area contributed by atoms with Gasteiger partial charge in [-0.05, 0) is 25.0 Å². The van der Waals surface area contributed by atoms with Gasteiger partial charge in [0.15, 0.2) is 0 Å². The van der Waals surface area contributed by atoms with Gasteiger partial charge in [-0.25, -0.2) is 0 Å². The number of hydrogen-bond acceptors (Lipinski definition) is 3. The van der Waals surface area contributed by atoms with Crippen LogP contribution in [0.1, 0.15) is 12.8 Å². The average molecular weight is 289 g/mol. The van der Waals surface area contributed by atoms with Crippen molar-refractivity contribution in [3.05, 3.63) is 28.2 Å². The van der Waals surface area contributed by atoms with Crippen LogP contribution in [0.2, 0.25) is 10.0 Å². The van der Waals surface area contributed by atoms with E-state index >= 15 is 0 Å². The van der Waals surface area contributed by atoms with Gasteiger partial charge in [-0.15, -0.1) is 0 Å². The van der Waals surface area contributed by atoms with Crippen molar-refractivity contribution in [2.24, 2.45) is 0 Å². The van der Waals surface area contributed by atoms with E-state index in [-0.39, 0.29) is 0 Å². The van der Waals surface area contributed by atoms with Gasteiger partial charge in [0.2, 0.25) is 0 Å². The Labute approximate surface area is 118 Å². The molecular formula is C13H18Cl2N2O. The molecule has 0 saturated carbocycles. The molecule has 18 heavy (non-hydrogen) atoms. The first kappa shape index (κ1) is 13.9. The van der Waals surface area contributed by atoms with Crippen LogP contribution in [0.25, 0.3) is 0 Å². The van der Waals surface area contributed by atoms with E-state index in [4.69, 9.17) is 27.9 Å². The molecule has 3 nitrogen and oxygen atoms in total. The lowest BCUT2D eigenvalue weighted by Crippen LogP contribution is -2.30. The third-order valence-corrected chi connectivity index (χ3v) is 3.78. The van der Waals surface area contributed by atoms with Crippen LogP contribution in [0, 0.1) is 0 Å². The van der Waals surface area contributed by atoms with Gasteiger partial charge in [0.25, 0.3) is 0 Å². The van der Waals surface area contributed by atoms with Crippen molar-refractivity contribution in [2.75, 3.05) is 31.6 Å². The first-order valence-electron chi connectivity index (χ1n) is 6.27. The van der Waals surface area contributed by atoms with E-state index in [0.717, 1.165) is 31.9 Å². The number of halogens is 2. The van der Waals surface area contributed by atoms with Gasteiger partial charge in [0.1, 0.15) is 0 Å². The molecule has 0 aromatic heterocycles. The van der Waals surface area contributed by atoms with Crippen molar-refractivity contribution in [1.29, 1.82) is 0 Å². The molecule has 0 amide bonds. The second-order valence-electron chi connectivity index (χ2n) is 4.37. The largest absolute Gasteiger partial charge is 0.383 e. The second-order valence-corrected chi connectivity index (χ2v) is 5.15. The number of benzene rings is 1. The third-order valence-electron chi connectivity index (χ3n) is 2.96. The molecule has 1 aliphatic rings. The SMILES string of the molecule is Clc1cccc(NCCNCC2CCCO2)c1Cl. The van der Waals surface area contributed by atoms with Gasteiger partial charge in [-0.1, -0.05) is 29.3 Å². The Bertz CT molecular complexity index is 381. The lowest BCUT2D eigenvalue weighted by Gasteiger charge is -2.12. The van der Waals surface area contributed by atoms with Crippen LogP contribution in [0.3, 0.4) is 0 Å². The zero-order chi connectivity index (χ0) is 12.8. The summed E-state index contributed by atoms with van der Waals surface area (Å²) in [6, 6.07) is 5.59. The summed E-state index contributed by atoms with van der Waals surface area (Å²) in [5.41, 5.74) is 0.878. The fourth-order valence-electron chi connectivity index (χ4n) is 1.99. The van der Waals surface area contributed by atoms with Crippen LogP contribution in [-0.2, 0) is 4.74 Å². The number of anilines is 1. The van der Waals surface area contributed by atoms with Crippen molar-refractivity contribution in [3.63, 3.8) is 0 Å². The number of hydrogen-bond donors (Lipinski definition) is 2. The maximum atomic E-state index is 6.07. The lowest BCUT2D eigenvalue weighted by molar-refractivity contribution is 0.110. The van der Waals surface area contributed by atoms with Crippen LogP contribution in [0.15, 0.2) is 18.2 Å². The molecule has 1 aromatic carbocycles. The Morgan fingerprint density at radius 1 is 1.28 bits per heavy atom. The van der Waals surface area contributed by atoms with Crippen LogP contribution < -0.4 is 10.6 Å². The normalized spacial score (nSPS) is 19.1. The van der Waals surface area contributed by atoms with Crippen molar-refractivity contribution in [2.45, 2.75) is 18.9 Å². The molecule has 0 spiro atoms. The summed E-state index contributed by atoms with van der Waals surface area (Å²) in [6.07, 6.45) is 2.74. The Morgan fingerprint density at radius 2 is 2.17 bits per heavy atom. The number of ether oxygens (including phenoxy) is 1. The van der Waals surface area contributed by atoms with Crippen LogP contribution >= 0.6 is 23.2 Å². The summed E-state index contributed by atoms with van der Waals surface area (Å²) in [5.74, 6) is 0. The maximum absolute atomic E-state index is 6.07. The minimum atomic E-state index is 0.389. The molecule has 2 N–H and O–H groups in total. The molecule has 1 aliphatic heterocycles. The summed E-state index contributed by atoms with van der Waals surface area (Å²) >= 11 is 12.0. The molecule has 2 rings (SSSR count). The van der Waals surface area contributed by atoms with E-state index in [0.29, 0.717) is 16.1 Å². The zero-order valence-corrected chi connectivity index (χ0v) is 11.7. The maximum Gasteiger partial charge on any atom is 0.0823 e. The molecule has 1 unspecified atom stereocenters. The highest BCUT2D eigenvalue weighted by atomic mass is 35.5. The van der Waals surface area contributed by atoms with Crippen molar-refractivity contribution >= 4 is 28.9 Å². The fraction of sp³-hybridized carbons (Fsp3) is 0.538. The van der Waals surface area contributed by atoms with Crippen LogP contribution in [0.4, 0.5) is 5.69 Å². The molecule has 1 fully saturated rings. The molecule has 100 valence electrons. The zero-order valence-electron chi connectivity index (χ0n) is 10.2. The third kappa shape index (κ3) is 4.02. The van der Waals surface area contributed by atoms with Crippen molar-refractivity contribution in [3.8, 4) is 0 Å². The fourth-order valence-corrected chi connectivity index (χ4v) is 2.36. The first-order chi connectivity index (χ1) is 8.77. The molecule has 0 aliphatic carbocycles. The lowest BCUT2D eigenvalue weighted by atomic mass is 10.2. The molecule has 0 bridgehead atoms. The molecule has 1 heterocycles. The molecule has 5 heteroatoms. The predicted octanol–water partition coefficient (Wildman–Crippen LogP) is 3.17. The highest BCUT2D eigenvalue weighted by molar-refractivity contribution is 6.43. The van der Waals surface area contributed by atoms with E-state index in [1.807, 2.05) is 12.1 Å². The minimum absolute atomic E-state index is 0.389. The Kier molecular flexibility index (Phi) is 5.57. The summed E-state index contributed by atoms with van der Waals surface area (Å²) in [7, 11) is 0. The highest BCUT2D eigenvalue weighted by Crippen LogP contribution is 2.29. The Morgan fingerprint density at radius 3 is 2.94 bits per heavy atom. The molecule has 1 atom stereocenters. The van der Waals surface area contributed by atoms with Gasteiger partial charge < -0.3 is 15.4 Å². The average Bonchev–Trinajstić information content (AvgIpc) is 2.87. The Hall–Kier alpha value is -0.480.